The number of amides is 2. The normalized spacial score (nSPS) is 11.3. The van der Waals surface area contributed by atoms with E-state index < -0.39 is 35.3 Å². The minimum absolute atomic E-state index is 0.102. The highest BCUT2D eigenvalue weighted by molar-refractivity contribution is 5.91. The summed E-state index contributed by atoms with van der Waals surface area (Å²) in [5.74, 6) is 0.313. The Hall–Kier alpha value is -6.82. The molecule has 0 spiro atoms. The summed E-state index contributed by atoms with van der Waals surface area (Å²) in [6, 6.07) is 30.5. The molecule has 67 heavy (non-hydrogen) atoms. The van der Waals surface area contributed by atoms with Gasteiger partial charge in [-0.1, -0.05) is 46.8 Å². The van der Waals surface area contributed by atoms with Gasteiger partial charge in [0.15, 0.2) is 0 Å². The summed E-state index contributed by atoms with van der Waals surface area (Å²) < 4.78 is 91.2. The molecular weight excluding hydrogens is 879 g/mol. The first-order valence-corrected chi connectivity index (χ1v) is 21.5. The third-order valence-electron chi connectivity index (χ3n) is 10.1. The van der Waals surface area contributed by atoms with Crippen LogP contribution in [-0.4, -0.2) is 69.5 Å². The summed E-state index contributed by atoms with van der Waals surface area (Å²) in [5.41, 5.74) is 12.8. The van der Waals surface area contributed by atoms with Crippen molar-refractivity contribution in [3.8, 4) is 45.5 Å². The molecule has 2 heterocycles. The molecular formula is C50H54F6N6O5. The smallest absolute Gasteiger partial charge is 0.416 e. The molecule has 4 aromatic carbocycles. The van der Waals surface area contributed by atoms with Gasteiger partial charge in [0.1, 0.15) is 34.4 Å². The fourth-order valence-electron chi connectivity index (χ4n) is 6.48. The molecule has 2 aromatic heterocycles. The number of carbonyl (C=O) groups excluding carboxylic acids is 2. The zero-order chi connectivity index (χ0) is 49.3. The first kappa shape index (κ1) is 52.8. The number of aliphatic hydroxyl groups excluding tert-OH is 1. The lowest BCUT2D eigenvalue weighted by molar-refractivity contribution is -0.138. The molecule has 11 nitrogen and oxygen atoms in total. The van der Waals surface area contributed by atoms with Crippen LogP contribution in [0.3, 0.4) is 0 Å². The summed E-state index contributed by atoms with van der Waals surface area (Å²) in [4.78, 5) is 35.0. The van der Waals surface area contributed by atoms with E-state index in [-0.39, 0.29) is 24.5 Å². The average molecular weight is 933 g/mol. The van der Waals surface area contributed by atoms with Crippen LogP contribution in [0.15, 0.2) is 121 Å². The second-order valence-corrected chi connectivity index (χ2v) is 14.5. The van der Waals surface area contributed by atoms with Gasteiger partial charge >= 0.3 is 12.4 Å². The summed E-state index contributed by atoms with van der Waals surface area (Å²) in [7, 11) is 0. The van der Waals surface area contributed by atoms with Gasteiger partial charge in [-0.2, -0.15) is 26.3 Å². The van der Waals surface area contributed by atoms with Crippen LogP contribution in [0.4, 0.5) is 26.3 Å². The Bertz CT molecular complexity index is 2530. The van der Waals surface area contributed by atoms with Crippen molar-refractivity contribution < 1.29 is 50.5 Å². The van der Waals surface area contributed by atoms with Gasteiger partial charge in [-0.3, -0.25) is 19.4 Å². The van der Waals surface area contributed by atoms with E-state index in [4.69, 9.17) is 20.9 Å². The minimum atomic E-state index is -4.48. The molecule has 5 N–H and O–H groups in total. The topological polar surface area (TPSA) is 157 Å². The Morgan fingerprint density at radius 3 is 1.27 bits per heavy atom. The molecule has 0 bridgehead atoms. The highest BCUT2D eigenvalue weighted by Gasteiger charge is 2.32. The summed E-state index contributed by atoms with van der Waals surface area (Å²) in [5, 5.41) is 9.22. The quantitative estimate of drug-likeness (QED) is 0.0757. The van der Waals surface area contributed by atoms with Crippen molar-refractivity contribution in [1.82, 2.24) is 19.8 Å². The molecule has 0 aliphatic rings. The van der Waals surface area contributed by atoms with Gasteiger partial charge in [0, 0.05) is 41.9 Å². The van der Waals surface area contributed by atoms with E-state index in [1.54, 1.807) is 72.8 Å². The van der Waals surface area contributed by atoms with Crippen LogP contribution < -0.4 is 20.9 Å². The van der Waals surface area contributed by atoms with E-state index >= 15 is 0 Å². The zero-order valence-electron chi connectivity index (χ0n) is 37.8. The molecule has 0 radical (unpaired) electrons. The van der Waals surface area contributed by atoms with Crippen molar-refractivity contribution in [2.45, 2.75) is 60.1 Å². The summed E-state index contributed by atoms with van der Waals surface area (Å²) in [6.07, 6.45) is -8.90. The van der Waals surface area contributed by atoms with E-state index in [0.29, 0.717) is 78.2 Å². The Morgan fingerprint density at radius 2 is 0.940 bits per heavy atom. The van der Waals surface area contributed by atoms with Crippen molar-refractivity contribution >= 4 is 11.8 Å². The van der Waals surface area contributed by atoms with Gasteiger partial charge in [0.25, 0.3) is 11.8 Å². The van der Waals surface area contributed by atoms with Crippen molar-refractivity contribution in [3.05, 3.63) is 155 Å². The molecule has 0 aliphatic carbocycles. The van der Waals surface area contributed by atoms with Crippen molar-refractivity contribution in [2.24, 2.45) is 11.5 Å². The molecule has 0 unspecified atom stereocenters. The number of alkyl halides is 6. The first-order valence-electron chi connectivity index (χ1n) is 21.5. The number of halogens is 6. The average Bonchev–Trinajstić information content (AvgIpc) is 3.32. The number of hydrogen-bond donors (Lipinski definition) is 3. The second-order valence-electron chi connectivity index (χ2n) is 14.5. The van der Waals surface area contributed by atoms with Crippen LogP contribution in [0, 0.1) is 0 Å². The number of nitrogens with two attached hydrogens (primary N) is 2. The van der Waals surface area contributed by atoms with E-state index in [2.05, 4.69) is 9.97 Å². The number of carbonyl (C=O) groups is 2. The number of nitrogens with zero attached hydrogens (tertiary/aromatic N) is 4. The predicted molar refractivity (Wildman–Crippen MR) is 245 cm³/mol. The number of primary amides is 2. The molecule has 6 aromatic rings. The Balaban J connectivity index is 0.000000282. The molecule has 0 atom stereocenters. The van der Waals surface area contributed by atoms with Gasteiger partial charge in [0.2, 0.25) is 0 Å². The van der Waals surface area contributed by atoms with Gasteiger partial charge < -0.3 is 26.0 Å². The number of likely N-dealkylation sites (N-methyl/N-ethyl adjacent to an activating group) is 1. The molecule has 17 heteroatoms. The van der Waals surface area contributed by atoms with Crippen molar-refractivity contribution in [1.29, 1.82) is 0 Å². The van der Waals surface area contributed by atoms with Crippen LogP contribution >= 0.6 is 0 Å². The van der Waals surface area contributed by atoms with Crippen molar-refractivity contribution in [3.63, 3.8) is 0 Å². The number of rotatable bonds is 17. The van der Waals surface area contributed by atoms with Crippen molar-refractivity contribution in [2.75, 3.05) is 32.8 Å². The second kappa shape index (κ2) is 24.6. The van der Waals surface area contributed by atoms with E-state index in [1.807, 2.05) is 44.4 Å². The van der Waals surface area contributed by atoms with Crippen LogP contribution in [0.25, 0.3) is 22.5 Å². The van der Waals surface area contributed by atoms with Crippen LogP contribution in [0.1, 0.15) is 77.8 Å². The van der Waals surface area contributed by atoms with Gasteiger partial charge in [0.05, 0.1) is 29.1 Å². The largest absolute Gasteiger partial charge is 0.457 e. The highest BCUT2D eigenvalue weighted by Crippen LogP contribution is 2.37. The molecule has 0 aliphatic heterocycles. The lowest BCUT2D eigenvalue weighted by Gasteiger charge is -2.22. The van der Waals surface area contributed by atoms with Crippen LogP contribution in [0.2, 0.25) is 0 Å². The number of aromatic nitrogens is 2. The molecule has 2 amide bonds. The van der Waals surface area contributed by atoms with Gasteiger partial charge in [-0.15, -0.1) is 0 Å². The van der Waals surface area contributed by atoms with E-state index in [0.717, 1.165) is 35.4 Å². The van der Waals surface area contributed by atoms with E-state index in [9.17, 15) is 41.0 Å². The molecule has 0 saturated heterocycles. The number of hydrogen-bond acceptors (Lipinski definition) is 9. The third-order valence-corrected chi connectivity index (χ3v) is 10.1. The molecule has 356 valence electrons. The lowest BCUT2D eigenvalue weighted by atomic mass is 10.1. The number of aliphatic hydroxyl groups is 1. The summed E-state index contributed by atoms with van der Waals surface area (Å²) >= 11 is 0. The summed E-state index contributed by atoms with van der Waals surface area (Å²) in [6.45, 7) is 12.5. The standard InChI is InChI=1S/C24H24F3N3O3.C24H24F3N3O2.C2H6/c1-2-30(12-13-31)15-17-14-18(24(25,26)27)8-11-22(17)33-19-9-6-16(7-10-19)20-4-3-5-21(29-20)23(28)32;1-3-30(4-2)15-17-14-18(24(25,26)27)10-13-22(17)32-19-11-8-16(9-12-19)20-6-5-7-21(29-20)23(28)31;1-2/h3-11,14,31H,2,12-13,15H2,1H3,(H2,28,32);5-14H,3-4,15H2,1-2H3,(H2,28,31);1-2H3. The lowest BCUT2D eigenvalue weighted by Crippen LogP contribution is -2.26. The molecule has 0 saturated carbocycles. The molecule has 0 fully saturated rings. The fourth-order valence-corrected chi connectivity index (χ4v) is 6.48. The maximum Gasteiger partial charge on any atom is 0.416 e. The Morgan fingerprint density at radius 1 is 0.567 bits per heavy atom. The van der Waals surface area contributed by atoms with Gasteiger partial charge in [-0.05, 0) is 129 Å². The first-order chi connectivity index (χ1) is 31.9. The Labute approximate surface area is 386 Å². The SMILES string of the molecule is CC.CCN(CC)Cc1cc(C(F)(F)F)ccc1Oc1ccc(-c2cccc(C(N)=O)n2)cc1.CCN(CCO)Cc1cc(C(F)(F)F)ccc1Oc1ccc(-c2cccc(C(N)=O)n2)cc1. The number of benzene rings is 4. The Kier molecular flexibility index (Phi) is 19.4. The maximum atomic E-state index is 13.2. The third kappa shape index (κ3) is 15.4. The monoisotopic (exact) mass is 932 g/mol. The highest BCUT2D eigenvalue weighted by atomic mass is 19.4. The number of pyridine rings is 2. The zero-order valence-corrected chi connectivity index (χ0v) is 37.8. The van der Waals surface area contributed by atoms with Gasteiger partial charge in [-0.25, -0.2) is 9.97 Å². The number of ether oxygens (including phenoxy) is 2. The fraction of sp³-hybridized carbons (Fsp3) is 0.280. The van der Waals surface area contributed by atoms with Crippen LogP contribution in [0.5, 0.6) is 23.0 Å². The van der Waals surface area contributed by atoms with Crippen LogP contribution in [-0.2, 0) is 25.4 Å². The van der Waals surface area contributed by atoms with E-state index in [1.165, 1.54) is 24.3 Å². The minimum Gasteiger partial charge on any atom is -0.457 e. The maximum absolute atomic E-state index is 13.2. The molecule has 6 rings (SSSR count). The predicted octanol–water partition coefficient (Wildman–Crippen LogP) is 11.0.